The van der Waals surface area contributed by atoms with E-state index in [4.69, 9.17) is 16.3 Å². The number of hydrazine groups is 1. The molecule has 0 heterocycles. The van der Waals surface area contributed by atoms with Crippen molar-refractivity contribution in [3.8, 4) is 5.75 Å². The molecule has 1 amide bonds. The number of hydrogen-bond acceptors (Lipinski definition) is 4. The summed E-state index contributed by atoms with van der Waals surface area (Å²) in [5, 5.41) is 0.432. The molecule has 0 bridgehead atoms. The van der Waals surface area contributed by atoms with Crippen molar-refractivity contribution in [1.82, 2.24) is 10.9 Å². The van der Waals surface area contributed by atoms with Gasteiger partial charge in [0.2, 0.25) is 0 Å². The predicted molar refractivity (Wildman–Crippen MR) is 73.0 cm³/mol. The molecule has 1 rings (SSSR count). The van der Waals surface area contributed by atoms with Crippen molar-refractivity contribution < 1.29 is 14.3 Å². The highest BCUT2D eigenvalue weighted by Crippen LogP contribution is 2.22. The minimum absolute atomic E-state index is 0.111. The van der Waals surface area contributed by atoms with Crippen molar-refractivity contribution in [2.24, 2.45) is 0 Å². The smallest absolute Gasteiger partial charge is 0.273 e. The number of hydrogen-bond donors (Lipinski definition) is 2. The molecule has 0 aliphatic heterocycles. The van der Waals surface area contributed by atoms with Gasteiger partial charge in [-0.15, -0.1) is 0 Å². The van der Waals surface area contributed by atoms with Crippen LogP contribution >= 0.6 is 11.6 Å². The Morgan fingerprint density at radius 1 is 1.26 bits per heavy atom. The lowest BCUT2D eigenvalue weighted by Gasteiger charge is -2.11. The summed E-state index contributed by atoms with van der Waals surface area (Å²) in [6.45, 7) is 3.09. The Morgan fingerprint density at radius 2 is 1.95 bits per heavy atom. The Labute approximate surface area is 116 Å². The van der Waals surface area contributed by atoms with E-state index in [2.05, 4.69) is 10.9 Å². The number of allylic oxidation sites excluding steroid dienone is 2. The molecule has 1 aromatic rings. The highest BCUT2D eigenvalue weighted by molar-refractivity contribution is 6.31. The van der Waals surface area contributed by atoms with Crippen LogP contribution in [0.25, 0.3) is 0 Å². The van der Waals surface area contributed by atoms with Crippen LogP contribution in [0.4, 0.5) is 0 Å². The third-order valence-corrected chi connectivity index (χ3v) is 2.43. The molecule has 0 aliphatic rings. The average molecular weight is 283 g/mol. The van der Waals surface area contributed by atoms with Gasteiger partial charge in [0, 0.05) is 16.8 Å². The lowest BCUT2D eigenvalue weighted by molar-refractivity contribution is -0.112. The number of ketones is 1. The summed E-state index contributed by atoms with van der Waals surface area (Å²) >= 11 is 5.84. The summed E-state index contributed by atoms with van der Waals surface area (Å²) in [4.78, 5) is 22.8. The summed E-state index contributed by atoms with van der Waals surface area (Å²) in [6, 6.07) is 4.74. The van der Waals surface area contributed by atoms with Crippen molar-refractivity contribution in [1.29, 1.82) is 0 Å². The maximum atomic E-state index is 11.9. The van der Waals surface area contributed by atoms with Crippen molar-refractivity contribution >= 4 is 23.3 Å². The Bertz CT molecular complexity index is 527. The van der Waals surface area contributed by atoms with Gasteiger partial charge < -0.3 is 10.2 Å². The first kappa shape index (κ1) is 15.0. The number of halogens is 1. The number of amides is 1. The number of rotatable bonds is 5. The zero-order valence-electron chi connectivity index (χ0n) is 10.9. The largest absolute Gasteiger partial charge is 0.496 e. The van der Waals surface area contributed by atoms with Crippen molar-refractivity contribution in [3.63, 3.8) is 0 Å². The molecule has 1 aromatic carbocycles. The molecule has 0 spiro atoms. The number of ether oxygens (including phenoxy) is 1. The van der Waals surface area contributed by atoms with E-state index >= 15 is 0 Å². The fourth-order valence-corrected chi connectivity index (χ4v) is 1.59. The molecule has 0 unspecified atom stereocenters. The fraction of sp³-hybridized carbons (Fsp3) is 0.231. The minimum atomic E-state index is -0.407. The minimum Gasteiger partial charge on any atom is -0.496 e. The molecular weight excluding hydrogens is 268 g/mol. The third kappa shape index (κ3) is 4.63. The zero-order chi connectivity index (χ0) is 14.4. The van der Waals surface area contributed by atoms with E-state index in [1.165, 1.54) is 26.2 Å². The van der Waals surface area contributed by atoms with Gasteiger partial charge in [0.25, 0.3) is 5.91 Å². The van der Waals surface area contributed by atoms with Gasteiger partial charge in [0.1, 0.15) is 5.75 Å². The van der Waals surface area contributed by atoms with Gasteiger partial charge >= 0.3 is 0 Å². The van der Waals surface area contributed by atoms with Gasteiger partial charge in [0.05, 0.1) is 12.7 Å². The first-order valence-corrected chi connectivity index (χ1v) is 5.90. The monoisotopic (exact) mass is 282 g/mol. The van der Waals surface area contributed by atoms with E-state index in [9.17, 15) is 9.59 Å². The summed E-state index contributed by atoms with van der Waals surface area (Å²) in [5.41, 5.74) is 5.92. The molecule has 102 valence electrons. The average Bonchev–Trinajstić information content (AvgIpc) is 2.35. The molecule has 0 atom stereocenters. The van der Waals surface area contributed by atoms with E-state index in [0.29, 0.717) is 22.0 Å². The Hall–Kier alpha value is -2.01. The van der Waals surface area contributed by atoms with E-state index in [0.717, 1.165) is 0 Å². The lowest BCUT2D eigenvalue weighted by Crippen LogP contribution is -2.36. The second-order valence-corrected chi connectivity index (χ2v) is 4.30. The van der Waals surface area contributed by atoms with Gasteiger partial charge in [-0.3, -0.25) is 15.0 Å². The molecule has 0 aliphatic carbocycles. The predicted octanol–water partition coefficient (Wildman–Crippen LogP) is 2.08. The van der Waals surface area contributed by atoms with Crippen LogP contribution in [0.1, 0.15) is 24.2 Å². The van der Waals surface area contributed by atoms with Crippen molar-refractivity contribution in [3.05, 3.63) is 40.6 Å². The molecule has 0 saturated carbocycles. The van der Waals surface area contributed by atoms with Crippen LogP contribution in [-0.2, 0) is 4.79 Å². The van der Waals surface area contributed by atoms with Gasteiger partial charge in [-0.05, 0) is 32.0 Å². The third-order valence-electron chi connectivity index (χ3n) is 2.20. The number of methoxy groups -OCH3 is 1. The van der Waals surface area contributed by atoms with E-state index in [-0.39, 0.29) is 5.78 Å². The molecule has 0 fully saturated rings. The molecule has 6 heteroatoms. The molecule has 19 heavy (non-hydrogen) atoms. The fourth-order valence-electron chi connectivity index (χ4n) is 1.42. The van der Waals surface area contributed by atoms with E-state index in [1.807, 2.05) is 0 Å². The van der Waals surface area contributed by atoms with Crippen LogP contribution in [0.5, 0.6) is 5.75 Å². The highest BCUT2D eigenvalue weighted by Gasteiger charge is 2.12. The topological polar surface area (TPSA) is 67.4 Å². The van der Waals surface area contributed by atoms with Crippen molar-refractivity contribution in [2.45, 2.75) is 13.8 Å². The Morgan fingerprint density at radius 3 is 2.53 bits per heavy atom. The lowest BCUT2D eigenvalue weighted by atomic mass is 10.2. The Kier molecular flexibility index (Phi) is 5.38. The number of benzene rings is 1. The van der Waals surface area contributed by atoms with Crippen LogP contribution in [-0.4, -0.2) is 18.8 Å². The molecule has 0 radical (unpaired) electrons. The van der Waals surface area contributed by atoms with Gasteiger partial charge in [-0.2, -0.15) is 0 Å². The highest BCUT2D eigenvalue weighted by atomic mass is 35.5. The molecule has 0 aromatic heterocycles. The first-order chi connectivity index (χ1) is 8.93. The molecule has 0 saturated heterocycles. The standard InChI is InChI=1S/C13H15ClN2O3/c1-8(6-9(2)17)15-16-13(18)11-7-10(14)4-5-12(11)19-3/h4-7,15H,1-3H3,(H,16,18)/b8-6+. The summed E-state index contributed by atoms with van der Waals surface area (Å²) in [7, 11) is 1.47. The second-order valence-electron chi connectivity index (χ2n) is 3.86. The quantitative estimate of drug-likeness (QED) is 0.641. The number of carbonyl (C=O) groups is 2. The second kappa shape index (κ2) is 6.80. The van der Waals surface area contributed by atoms with Gasteiger partial charge in [0.15, 0.2) is 5.78 Å². The summed E-state index contributed by atoms with van der Waals surface area (Å²) in [5.74, 6) is -0.105. The van der Waals surface area contributed by atoms with Crippen LogP contribution < -0.4 is 15.6 Å². The van der Waals surface area contributed by atoms with Crippen LogP contribution in [0.3, 0.4) is 0 Å². The maximum absolute atomic E-state index is 11.9. The number of carbonyl (C=O) groups excluding carboxylic acids is 2. The summed E-state index contributed by atoms with van der Waals surface area (Å²) in [6.07, 6.45) is 1.37. The van der Waals surface area contributed by atoms with Gasteiger partial charge in [-0.25, -0.2) is 0 Å². The first-order valence-electron chi connectivity index (χ1n) is 5.52. The van der Waals surface area contributed by atoms with Gasteiger partial charge in [-0.1, -0.05) is 11.6 Å². The Balaban J connectivity index is 2.79. The van der Waals surface area contributed by atoms with E-state index < -0.39 is 5.91 Å². The molecular formula is C13H15ClN2O3. The SMILES string of the molecule is COc1ccc(Cl)cc1C(=O)NN/C(C)=C/C(C)=O. The van der Waals surface area contributed by atoms with Crippen molar-refractivity contribution in [2.75, 3.05) is 7.11 Å². The van der Waals surface area contributed by atoms with Crippen LogP contribution in [0.15, 0.2) is 30.0 Å². The normalized spacial score (nSPS) is 10.8. The van der Waals surface area contributed by atoms with Crippen LogP contribution in [0, 0.1) is 0 Å². The summed E-state index contributed by atoms with van der Waals surface area (Å²) < 4.78 is 5.08. The molecule has 5 nitrogen and oxygen atoms in total. The van der Waals surface area contributed by atoms with E-state index in [1.54, 1.807) is 19.1 Å². The van der Waals surface area contributed by atoms with Crippen LogP contribution in [0.2, 0.25) is 5.02 Å². The molecule has 2 N–H and O–H groups in total. The zero-order valence-corrected chi connectivity index (χ0v) is 11.7. The maximum Gasteiger partial charge on any atom is 0.273 e. The number of nitrogens with one attached hydrogen (secondary N) is 2.